The molecule has 2 aromatic carbocycles. The number of carbonyl (C=O) groups is 1. The maximum atomic E-state index is 12.9. The summed E-state index contributed by atoms with van der Waals surface area (Å²) in [6.07, 6.45) is 3.86. The predicted molar refractivity (Wildman–Crippen MR) is 133 cm³/mol. The SMILES string of the molecule is COc1cc(/C=C2\SC(=S)N(C[C@@H]3CCCO3)C2=O)ccc1OCc1ccc(Cl)c(Cl)c1. The highest BCUT2D eigenvalue weighted by Crippen LogP contribution is 2.35. The molecular formula is C23H21Cl2NO4S2. The number of nitrogens with zero attached hydrogens (tertiary/aromatic N) is 1. The number of methoxy groups -OCH3 is 1. The molecule has 1 amide bonds. The molecule has 2 aliphatic rings. The van der Waals surface area contributed by atoms with E-state index in [2.05, 4.69) is 0 Å². The van der Waals surface area contributed by atoms with Crippen molar-refractivity contribution < 1.29 is 19.0 Å². The van der Waals surface area contributed by atoms with E-state index in [1.807, 2.05) is 30.3 Å². The van der Waals surface area contributed by atoms with Crippen LogP contribution in [-0.2, 0) is 16.1 Å². The van der Waals surface area contributed by atoms with Gasteiger partial charge in [-0.25, -0.2) is 0 Å². The Hall–Kier alpha value is -1.77. The average molecular weight is 510 g/mol. The van der Waals surface area contributed by atoms with E-state index in [9.17, 15) is 4.79 Å². The molecule has 5 nitrogen and oxygen atoms in total. The summed E-state index contributed by atoms with van der Waals surface area (Å²) in [5.74, 6) is 1.06. The minimum Gasteiger partial charge on any atom is -0.493 e. The Morgan fingerprint density at radius 3 is 2.78 bits per heavy atom. The van der Waals surface area contributed by atoms with E-state index in [1.165, 1.54) is 11.8 Å². The lowest BCUT2D eigenvalue weighted by Gasteiger charge is -2.18. The lowest BCUT2D eigenvalue weighted by molar-refractivity contribution is -0.123. The molecular weight excluding hydrogens is 489 g/mol. The van der Waals surface area contributed by atoms with Crippen LogP contribution in [0.15, 0.2) is 41.3 Å². The monoisotopic (exact) mass is 509 g/mol. The van der Waals surface area contributed by atoms with Crippen molar-refractivity contribution in [1.29, 1.82) is 0 Å². The zero-order valence-electron chi connectivity index (χ0n) is 17.3. The summed E-state index contributed by atoms with van der Waals surface area (Å²) in [7, 11) is 1.58. The molecule has 2 heterocycles. The molecule has 2 aromatic rings. The first-order chi connectivity index (χ1) is 15.4. The maximum absolute atomic E-state index is 12.9. The molecule has 9 heteroatoms. The first-order valence-electron chi connectivity index (χ1n) is 10.1. The van der Waals surface area contributed by atoms with Crippen molar-refractivity contribution >= 4 is 63.5 Å². The summed E-state index contributed by atoms with van der Waals surface area (Å²) in [6.45, 7) is 1.57. The van der Waals surface area contributed by atoms with E-state index >= 15 is 0 Å². The van der Waals surface area contributed by atoms with Gasteiger partial charge in [-0.1, -0.05) is 59.3 Å². The summed E-state index contributed by atoms with van der Waals surface area (Å²) in [4.78, 5) is 15.1. The van der Waals surface area contributed by atoms with Crippen molar-refractivity contribution in [3.8, 4) is 11.5 Å². The third-order valence-corrected chi connectivity index (χ3v) is 7.26. The molecule has 32 heavy (non-hydrogen) atoms. The second-order valence-electron chi connectivity index (χ2n) is 7.37. The molecule has 0 aliphatic carbocycles. The lowest BCUT2D eigenvalue weighted by Crippen LogP contribution is -2.35. The van der Waals surface area contributed by atoms with Crippen LogP contribution in [0.4, 0.5) is 0 Å². The van der Waals surface area contributed by atoms with Crippen LogP contribution in [-0.4, -0.2) is 41.5 Å². The largest absolute Gasteiger partial charge is 0.493 e. The minimum atomic E-state index is -0.0885. The molecule has 4 rings (SSSR count). The fraction of sp³-hybridized carbons (Fsp3) is 0.304. The van der Waals surface area contributed by atoms with E-state index in [4.69, 9.17) is 49.6 Å². The Bertz CT molecular complexity index is 1070. The molecule has 0 saturated carbocycles. The molecule has 0 aromatic heterocycles. The summed E-state index contributed by atoms with van der Waals surface area (Å²) in [6, 6.07) is 10.9. The summed E-state index contributed by atoms with van der Waals surface area (Å²) >= 11 is 18.8. The van der Waals surface area contributed by atoms with Gasteiger partial charge in [0.1, 0.15) is 10.9 Å². The third-order valence-electron chi connectivity index (χ3n) is 5.15. The van der Waals surface area contributed by atoms with Crippen molar-refractivity contribution in [1.82, 2.24) is 4.90 Å². The van der Waals surface area contributed by atoms with E-state index in [0.29, 0.717) is 43.9 Å². The molecule has 2 aliphatic heterocycles. The van der Waals surface area contributed by atoms with E-state index in [1.54, 1.807) is 24.1 Å². The fourth-order valence-corrected chi connectivity index (χ4v) is 5.08. The second kappa shape index (κ2) is 10.4. The minimum absolute atomic E-state index is 0.0592. The topological polar surface area (TPSA) is 48.0 Å². The Morgan fingerprint density at radius 1 is 1.22 bits per heavy atom. The number of benzene rings is 2. The molecule has 1 atom stereocenters. The summed E-state index contributed by atoms with van der Waals surface area (Å²) in [5, 5.41) is 0.977. The van der Waals surface area contributed by atoms with E-state index in [-0.39, 0.29) is 12.0 Å². The first-order valence-corrected chi connectivity index (χ1v) is 12.0. The van der Waals surface area contributed by atoms with Gasteiger partial charge in [-0.15, -0.1) is 0 Å². The predicted octanol–water partition coefficient (Wildman–Crippen LogP) is 5.96. The van der Waals surface area contributed by atoms with Gasteiger partial charge < -0.3 is 14.2 Å². The van der Waals surface area contributed by atoms with Crippen LogP contribution in [0.5, 0.6) is 11.5 Å². The number of halogens is 2. The standard InChI is InChI=1S/C23H21Cl2NO4S2/c1-28-20-10-14(5-7-19(20)30-13-15-4-6-17(24)18(25)9-15)11-21-22(27)26(23(31)32-21)12-16-3-2-8-29-16/h4-7,9-11,16H,2-3,8,12-13H2,1H3/b21-11-/t16-/m0/s1. The Labute approximate surface area is 206 Å². The van der Waals surface area contributed by atoms with Gasteiger partial charge in [0.25, 0.3) is 5.91 Å². The maximum Gasteiger partial charge on any atom is 0.266 e. The third kappa shape index (κ3) is 5.41. The van der Waals surface area contributed by atoms with Crippen molar-refractivity contribution in [2.75, 3.05) is 20.3 Å². The van der Waals surface area contributed by atoms with Gasteiger partial charge in [0, 0.05) is 6.61 Å². The smallest absolute Gasteiger partial charge is 0.266 e. The number of hydrogen-bond acceptors (Lipinski definition) is 6. The molecule has 0 radical (unpaired) electrons. The zero-order valence-corrected chi connectivity index (χ0v) is 20.5. The van der Waals surface area contributed by atoms with Crippen molar-refractivity contribution in [2.24, 2.45) is 0 Å². The van der Waals surface area contributed by atoms with Gasteiger partial charge in [0.2, 0.25) is 0 Å². The van der Waals surface area contributed by atoms with Crippen molar-refractivity contribution in [3.63, 3.8) is 0 Å². The molecule has 2 fully saturated rings. The van der Waals surface area contributed by atoms with E-state index in [0.717, 1.165) is 30.6 Å². The van der Waals surface area contributed by atoms with Crippen molar-refractivity contribution in [2.45, 2.75) is 25.6 Å². The molecule has 0 bridgehead atoms. The highest BCUT2D eigenvalue weighted by atomic mass is 35.5. The van der Waals surface area contributed by atoms with Crippen LogP contribution in [0.3, 0.4) is 0 Å². The number of thioether (sulfide) groups is 1. The fourth-order valence-electron chi connectivity index (χ4n) is 3.48. The van der Waals surface area contributed by atoms with Crippen LogP contribution in [0.25, 0.3) is 6.08 Å². The highest BCUT2D eigenvalue weighted by Gasteiger charge is 2.34. The highest BCUT2D eigenvalue weighted by molar-refractivity contribution is 8.26. The van der Waals surface area contributed by atoms with E-state index < -0.39 is 0 Å². The van der Waals surface area contributed by atoms with Crippen LogP contribution in [0.2, 0.25) is 10.0 Å². The quantitative estimate of drug-likeness (QED) is 0.338. The number of amides is 1. The average Bonchev–Trinajstić information content (AvgIpc) is 3.39. The van der Waals surface area contributed by atoms with Gasteiger partial charge in [-0.3, -0.25) is 9.69 Å². The van der Waals surface area contributed by atoms with Crippen LogP contribution in [0.1, 0.15) is 24.0 Å². The zero-order chi connectivity index (χ0) is 22.7. The van der Waals surface area contributed by atoms with Gasteiger partial charge in [0.15, 0.2) is 11.5 Å². The van der Waals surface area contributed by atoms with Crippen LogP contribution < -0.4 is 9.47 Å². The number of ether oxygens (including phenoxy) is 3. The second-order valence-corrected chi connectivity index (χ2v) is 9.86. The van der Waals surface area contributed by atoms with Gasteiger partial charge >= 0.3 is 0 Å². The molecule has 168 valence electrons. The first kappa shape index (κ1) is 23.4. The Kier molecular flexibility index (Phi) is 7.63. The number of thiocarbonyl (C=S) groups is 1. The summed E-state index contributed by atoms with van der Waals surface area (Å²) < 4.78 is 17.6. The molecule has 0 unspecified atom stereocenters. The lowest BCUT2D eigenvalue weighted by atomic mass is 10.1. The number of carbonyl (C=O) groups excluding carboxylic acids is 1. The Balaban J connectivity index is 1.46. The van der Waals surface area contributed by atoms with Crippen LogP contribution in [0, 0.1) is 0 Å². The van der Waals surface area contributed by atoms with Crippen molar-refractivity contribution in [3.05, 3.63) is 62.5 Å². The van der Waals surface area contributed by atoms with Gasteiger partial charge in [0.05, 0.1) is 34.7 Å². The number of rotatable bonds is 7. The van der Waals surface area contributed by atoms with Gasteiger partial charge in [-0.05, 0) is 54.3 Å². The van der Waals surface area contributed by atoms with Gasteiger partial charge in [-0.2, -0.15) is 0 Å². The Morgan fingerprint density at radius 2 is 2.06 bits per heavy atom. The molecule has 2 saturated heterocycles. The van der Waals surface area contributed by atoms with Crippen LogP contribution >= 0.6 is 47.2 Å². The number of hydrogen-bond donors (Lipinski definition) is 0. The molecule has 0 N–H and O–H groups in total. The summed E-state index contributed by atoms with van der Waals surface area (Å²) in [5.41, 5.74) is 1.71. The normalized spacial score (nSPS) is 19.8. The molecule has 0 spiro atoms.